The van der Waals surface area contributed by atoms with Crippen LogP contribution in [0.15, 0.2) is 0 Å². The molecular formula is C7H15NOY-2. The van der Waals surface area contributed by atoms with Crippen molar-refractivity contribution < 1.29 is 37.5 Å². The van der Waals surface area contributed by atoms with Gasteiger partial charge in [0.25, 0.3) is 0 Å². The van der Waals surface area contributed by atoms with Crippen molar-refractivity contribution in [1.82, 2.24) is 0 Å². The van der Waals surface area contributed by atoms with E-state index in [1.165, 1.54) is 0 Å². The minimum absolute atomic E-state index is 0. The normalized spacial score (nSPS) is 10.7. The third kappa shape index (κ3) is 8.73. The molecule has 0 aromatic rings. The third-order valence-corrected chi connectivity index (χ3v) is 0.910. The Morgan fingerprint density at radius 3 is 2.20 bits per heavy atom. The number of rotatable bonds is 3. The molecule has 0 rings (SSSR count). The van der Waals surface area contributed by atoms with Gasteiger partial charge in [0.05, 0.1) is 0 Å². The van der Waals surface area contributed by atoms with Crippen molar-refractivity contribution in [3.05, 3.63) is 14.4 Å². The summed E-state index contributed by atoms with van der Waals surface area (Å²) in [6.45, 7) is 5.33. The van der Waals surface area contributed by atoms with E-state index < -0.39 is 6.04 Å². The summed E-state index contributed by atoms with van der Waals surface area (Å²) >= 11 is 0. The summed E-state index contributed by atoms with van der Waals surface area (Å²) < 4.78 is 0. The largest absolute Gasteiger partial charge is 0.358 e. The molecule has 0 aromatic heterocycles. The fourth-order valence-corrected chi connectivity index (χ4v) is 0.432. The van der Waals surface area contributed by atoms with Gasteiger partial charge in [0, 0.05) is 39.1 Å². The predicted molar refractivity (Wildman–Crippen MR) is 39.7 cm³/mol. The maximum Gasteiger partial charge on any atom is 0.119 e. The van der Waals surface area contributed by atoms with Crippen LogP contribution >= 0.6 is 0 Å². The molecule has 1 radical (unpaired) electrons. The maximum atomic E-state index is 10.6. The first-order chi connectivity index (χ1) is 3.68. The van der Waals surface area contributed by atoms with E-state index in [4.69, 9.17) is 5.73 Å². The monoisotopic (exact) mass is 218 g/mol. The molecule has 2 N–H and O–H groups in total. The first-order valence-corrected chi connectivity index (χ1v) is 2.80. The first kappa shape index (κ1) is 17.0. The molecule has 0 saturated carbocycles. The van der Waals surface area contributed by atoms with Gasteiger partial charge in [-0.25, -0.2) is 0 Å². The van der Waals surface area contributed by atoms with Crippen LogP contribution in [-0.2, 0) is 37.5 Å². The Labute approximate surface area is 88.8 Å². The number of ketones is 1. The van der Waals surface area contributed by atoms with Crippen LogP contribution in [0.25, 0.3) is 0 Å². The van der Waals surface area contributed by atoms with E-state index in [9.17, 15) is 4.79 Å². The molecule has 0 heterocycles. The molecule has 1 atom stereocenters. The molecule has 2 nitrogen and oxygen atoms in total. The van der Waals surface area contributed by atoms with Gasteiger partial charge in [-0.1, -0.05) is 13.0 Å². The summed E-state index contributed by atoms with van der Waals surface area (Å²) in [5.74, 6) is 0.0486. The molecule has 3 heteroatoms. The van der Waals surface area contributed by atoms with Crippen molar-refractivity contribution in [1.29, 1.82) is 0 Å². The second-order valence-electron chi connectivity index (χ2n) is 1.82. The fourth-order valence-electron chi connectivity index (χ4n) is 0.432. The molecule has 0 spiro atoms. The second-order valence-corrected chi connectivity index (χ2v) is 1.82. The van der Waals surface area contributed by atoms with Gasteiger partial charge in [-0.15, -0.1) is 0 Å². The molecule has 59 valence electrons. The molecule has 10 heavy (non-hydrogen) atoms. The summed E-state index contributed by atoms with van der Waals surface area (Å²) in [5, 5.41) is 0. The van der Waals surface area contributed by atoms with Gasteiger partial charge >= 0.3 is 0 Å². The molecule has 0 aromatic carbocycles. The average Bonchev–Trinajstić information content (AvgIpc) is 1.67. The van der Waals surface area contributed by atoms with Crippen molar-refractivity contribution in [2.45, 2.75) is 25.8 Å². The van der Waals surface area contributed by atoms with Gasteiger partial charge in [0.2, 0.25) is 0 Å². The standard InChI is InChI=1S/C6H12NO.CH3.Y/c1-3-4-6(8)5(2)7;;/h5H,2-4,7H2,1H3;1H3;/q2*-1;. The van der Waals surface area contributed by atoms with E-state index in [0.29, 0.717) is 6.42 Å². The summed E-state index contributed by atoms with van der Waals surface area (Å²) in [5.41, 5.74) is 5.16. The topological polar surface area (TPSA) is 43.1 Å². The van der Waals surface area contributed by atoms with Crippen molar-refractivity contribution in [2.75, 3.05) is 0 Å². The Balaban J connectivity index is -0.000000245. The number of Topliss-reactive ketones (excluding diaryl/α,β-unsaturated/α-hetero) is 1. The van der Waals surface area contributed by atoms with Crippen molar-refractivity contribution in [3.8, 4) is 0 Å². The molecule has 1 unspecified atom stereocenters. The fraction of sp³-hybridized carbons (Fsp3) is 0.571. The molecule has 0 saturated heterocycles. The van der Waals surface area contributed by atoms with Gasteiger partial charge in [-0.3, -0.25) is 0 Å². The van der Waals surface area contributed by atoms with Crippen molar-refractivity contribution in [2.24, 2.45) is 5.73 Å². The Morgan fingerprint density at radius 1 is 1.70 bits per heavy atom. The molecule has 0 bridgehead atoms. The quantitative estimate of drug-likeness (QED) is 0.717. The van der Waals surface area contributed by atoms with E-state index in [1.54, 1.807) is 0 Å². The van der Waals surface area contributed by atoms with Crippen LogP contribution < -0.4 is 5.73 Å². The van der Waals surface area contributed by atoms with E-state index in [-0.39, 0.29) is 45.9 Å². The van der Waals surface area contributed by atoms with Gasteiger partial charge < -0.3 is 24.9 Å². The number of hydrogen-bond donors (Lipinski definition) is 1. The van der Waals surface area contributed by atoms with Crippen LogP contribution in [0.2, 0.25) is 0 Å². The zero-order chi connectivity index (χ0) is 6.57. The molecule has 0 aliphatic carbocycles. The number of carbonyl (C=O) groups is 1. The first-order valence-electron chi connectivity index (χ1n) is 2.80. The maximum absolute atomic E-state index is 10.6. The molecule has 0 amide bonds. The summed E-state index contributed by atoms with van der Waals surface area (Å²) in [6.07, 6.45) is 1.42. The minimum Gasteiger partial charge on any atom is -0.358 e. The Morgan fingerprint density at radius 2 is 2.10 bits per heavy atom. The van der Waals surface area contributed by atoms with E-state index in [1.807, 2.05) is 6.92 Å². The van der Waals surface area contributed by atoms with Crippen LogP contribution in [0.4, 0.5) is 0 Å². The van der Waals surface area contributed by atoms with Gasteiger partial charge in [-0.2, -0.15) is 0 Å². The second kappa shape index (κ2) is 9.73. The number of hydrogen-bond acceptors (Lipinski definition) is 2. The van der Waals surface area contributed by atoms with Crippen molar-refractivity contribution >= 4 is 5.78 Å². The molecule has 0 fully saturated rings. The van der Waals surface area contributed by atoms with Gasteiger partial charge in [-0.05, 0) is 6.42 Å². The molecule has 0 aliphatic rings. The number of carbonyl (C=O) groups excluding carboxylic acids is 1. The summed E-state index contributed by atoms with van der Waals surface area (Å²) in [4.78, 5) is 10.6. The van der Waals surface area contributed by atoms with E-state index in [2.05, 4.69) is 6.92 Å². The van der Waals surface area contributed by atoms with Gasteiger partial charge in [0.15, 0.2) is 0 Å². The third-order valence-electron chi connectivity index (χ3n) is 0.910. The Bertz CT molecular complexity index is 83.7. The smallest absolute Gasteiger partial charge is 0.119 e. The zero-order valence-electron chi connectivity index (χ0n) is 6.76. The van der Waals surface area contributed by atoms with Crippen LogP contribution in [0, 0.1) is 14.4 Å². The zero-order valence-corrected chi connectivity index (χ0v) is 9.60. The number of nitrogens with two attached hydrogens (primary N) is 1. The summed E-state index contributed by atoms with van der Waals surface area (Å²) in [7, 11) is 0. The van der Waals surface area contributed by atoms with E-state index >= 15 is 0 Å². The van der Waals surface area contributed by atoms with Crippen LogP contribution in [-0.4, -0.2) is 11.8 Å². The van der Waals surface area contributed by atoms with Crippen LogP contribution in [0.1, 0.15) is 19.8 Å². The minimum atomic E-state index is -0.519. The van der Waals surface area contributed by atoms with E-state index in [0.717, 1.165) is 6.42 Å². The predicted octanol–water partition coefficient (Wildman–Crippen LogP) is 0.965. The van der Waals surface area contributed by atoms with Gasteiger partial charge in [0.1, 0.15) is 5.78 Å². The van der Waals surface area contributed by atoms with Crippen molar-refractivity contribution in [3.63, 3.8) is 0 Å². The SMILES string of the molecule is [CH2-]C(N)C(=O)CCC.[CH3-].[Y]. The molecular weight excluding hydrogens is 203 g/mol. The Hall–Kier alpha value is 0.734. The molecule has 0 aliphatic heterocycles. The summed E-state index contributed by atoms with van der Waals surface area (Å²) in [6, 6.07) is -0.519. The Kier molecular flexibility index (Phi) is 16.6. The van der Waals surface area contributed by atoms with Crippen LogP contribution in [0.3, 0.4) is 0 Å². The van der Waals surface area contributed by atoms with Crippen LogP contribution in [0.5, 0.6) is 0 Å². The average molecular weight is 218 g/mol.